The summed E-state index contributed by atoms with van der Waals surface area (Å²) in [6.07, 6.45) is 0. The second kappa shape index (κ2) is 7.45. The molecule has 0 bridgehead atoms. The molecular weight excluding hydrogens is 370 g/mol. The second-order valence-electron chi connectivity index (χ2n) is 6.72. The Balaban J connectivity index is 1.90. The highest BCUT2D eigenvalue weighted by Crippen LogP contribution is 2.30. The molecule has 0 atom stereocenters. The lowest BCUT2D eigenvalue weighted by atomic mass is 10.00. The molecule has 0 aliphatic rings. The third-order valence-electron chi connectivity index (χ3n) is 4.58. The number of hydrogen-bond acceptors (Lipinski definition) is 3. The average molecular weight is 388 g/mol. The highest BCUT2D eigenvalue weighted by atomic mass is 35.5. The molecule has 1 aromatic heterocycles. The lowest BCUT2D eigenvalue weighted by molar-refractivity contribution is 0.0737. The SMILES string of the molecule is Cc1cc(C)c2nc(-c3ccccc3)cc(C(=O)Oc3ccccc3Cl)c2c1. The van der Waals surface area contributed by atoms with Crippen molar-refractivity contribution in [2.24, 2.45) is 0 Å². The molecule has 0 spiro atoms. The Bertz CT molecular complexity index is 1190. The number of carbonyl (C=O) groups excluding carboxylic acids is 1. The van der Waals surface area contributed by atoms with E-state index in [4.69, 9.17) is 21.3 Å². The van der Waals surface area contributed by atoms with E-state index < -0.39 is 5.97 Å². The topological polar surface area (TPSA) is 39.2 Å². The van der Waals surface area contributed by atoms with Crippen molar-refractivity contribution in [1.82, 2.24) is 4.98 Å². The number of aryl methyl sites for hydroxylation is 2. The number of hydrogen-bond donors (Lipinski definition) is 0. The summed E-state index contributed by atoms with van der Waals surface area (Å²) in [5.41, 5.74) is 5.00. The minimum atomic E-state index is -0.456. The van der Waals surface area contributed by atoms with Gasteiger partial charge in [-0.1, -0.05) is 65.7 Å². The summed E-state index contributed by atoms with van der Waals surface area (Å²) >= 11 is 6.16. The number of ether oxygens (including phenoxy) is 1. The molecule has 4 heteroatoms. The number of nitrogens with zero attached hydrogens (tertiary/aromatic N) is 1. The van der Waals surface area contributed by atoms with E-state index in [0.29, 0.717) is 16.3 Å². The lowest BCUT2D eigenvalue weighted by Gasteiger charge is -2.13. The van der Waals surface area contributed by atoms with Crippen LogP contribution in [-0.4, -0.2) is 11.0 Å². The van der Waals surface area contributed by atoms with Crippen LogP contribution in [-0.2, 0) is 0 Å². The van der Waals surface area contributed by atoms with Gasteiger partial charge < -0.3 is 4.74 Å². The smallest absolute Gasteiger partial charge is 0.344 e. The molecule has 0 radical (unpaired) electrons. The third-order valence-corrected chi connectivity index (χ3v) is 4.89. The van der Waals surface area contributed by atoms with Gasteiger partial charge in [0, 0.05) is 10.9 Å². The minimum Gasteiger partial charge on any atom is -0.421 e. The van der Waals surface area contributed by atoms with Crippen LogP contribution in [0.25, 0.3) is 22.2 Å². The molecule has 0 N–H and O–H groups in total. The number of aromatic nitrogens is 1. The Morgan fingerprint density at radius 3 is 2.39 bits per heavy atom. The van der Waals surface area contributed by atoms with E-state index in [-0.39, 0.29) is 0 Å². The quantitative estimate of drug-likeness (QED) is 0.302. The maximum absolute atomic E-state index is 13.1. The summed E-state index contributed by atoms with van der Waals surface area (Å²) in [4.78, 5) is 17.9. The molecule has 4 aromatic rings. The number of para-hydroxylation sites is 1. The molecule has 0 aliphatic carbocycles. The zero-order valence-electron chi connectivity index (χ0n) is 15.6. The van der Waals surface area contributed by atoms with Gasteiger partial charge >= 0.3 is 5.97 Å². The van der Waals surface area contributed by atoms with Crippen molar-refractivity contribution in [2.75, 3.05) is 0 Å². The number of benzene rings is 3. The van der Waals surface area contributed by atoms with E-state index in [1.807, 2.05) is 50.2 Å². The first-order valence-corrected chi connectivity index (χ1v) is 9.35. The van der Waals surface area contributed by atoms with Gasteiger partial charge in [0.2, 0.25) is 0 Å². The molecule has 1 heterocycles. The van der Waals surface area contributed by atoms with E-state index in [2.05, 4.69) is 6.07 Å². The van der Waals surface area contributed by atoms with Crippen molar-refractivity contribution >= 4 is 28.5 Å². The van der Waals surface area contributed by atoms with Crippen molar-refractivity contribution < 1.29 is 9.53 Å². The van der Waals surface area contributed by atoms with Crippen LogP contribution in [0.2, 0.25) is 5.02 Å². The molecule has 0 aliphatic heterocycles. The molecule has 3 nitrogen and oxygen atoms in total. The van der Waals surface area contributed by atoms with Gasteiger partial charge in [-0.3, -0.25) is 0 Å². The van der Waals surface area contributed by atoms with Gasteiger partial charge in [-0.25, -0.2) is 9.78 Å². The first-order valence-electron chi connectivity index (χ1n) is 8.97. The van der Waals surface area contributed by atoms with E-state index in [1.54, 1.807) is 30.3 Å². The Labute approximate surface area is 168 Å². The van der Waals surface area contributed by atoms with Crippen molar-refractivity contribution in [3.8, 4) is 17.0 Å². The standard InChI is InChI=1S/C24H18ClNO2/c1-15-12-16(2)23-18(13-15)19(14-21(26-23)17-8-4-3-5-9-17)24(27)28-22-11-7-6-10-20(22)25/h3-14H,1-2H3. The number of rotatable bonds is 3. The first kappa shape index (κ1) is 18.2. The molecule has 0 unspecified atom stereocenters. The maximum Gasteiger partial charge on any atom is 0.344 e. The van der Waals surface area contributed by atoms with Gasteiger partial charge in [-0.2, -0.15) is 0 Å². The third kappa shape index (κ3) is 3.49. The summed E-state index contributed by atoms with van der Waals surface area (Å²) < 4.78 is 5.61. The van der Waals surface area contributed by atoms with Crippen LogP contribution in [0.1, 0.15) is 21.5 Å². The fraction of sp³-hybridized carbons (Fsp3) is 0.0833. The van der Waals surface area contributed by atoms with Crippen LogP contribution in [0.5, 0.6) is 5.75 Å². The largest absolute Gasteiger partial charge is 0.421 e. The lowest BCUT2D eigenvalue weighted by Crippen LogP contribution is -2.11. The van der Waals surface area contributed by atoms with Crippen LogP contribution < -0.4 is 4.74 Å². The maximum atomic E-state index is 13.1. The molecule has 0 amide bonds. The number of fused-ring (bicyclic) bond motifs is 1. The number of carbonyl (C=O) groups is 1. The molecule has 0 fully saturated rings. The zero-order valence-corrected chi connectivity index (χ0v) is 16.3. The molecule has 28 heavy (non-hydrogen) atoms. The average Bonchev–Trinajstić information content (AvgIpc) is 2.69. The predicted molar refractivity (Wildman–Crippen MR) is 113 cm³/mol. The van der Waals surface area contributed by atoms with E-state index in [0.717, 1.165) is 33.3 Å². The number of pyridine rings is 1. The Morgan fingerprint density at radius 2 is 1.64 bits per heavy atom. The second-order valence-corrected chi connectivity index (χ2v) is 7.13. The first-order chi connectivity index (χ1) is 13.5. The zero-order chi connectivity index (χ0) is 19.7. The minimum absolute atomic E-state index is 0.338. The van der Waals surface area contributed by atoms with Crippen molar-refractivity contribution in [3.63, 3.8) is 0 Å². The van der Waals surface area contributed by atoms with Gasteiger partial charge in [-0.15, -0.1) is 0 Å². The highest BCUT2D eigenvalue weighted by molar-refractivity contribution is 6.32. The number of esters is 1. The van der Waals surface area contributed by atoms with Crippen LogP contribution in [0, 0.1) is 13.8 Å². The molecule has 4 rings (SSSR count). The Kier molecular flexibility index (Phi) is 4.84. The van der Waals surface area contributed by atoms with Gasteiger partial charge in [0.1, 0.15) is 5.75 Å². The van der Waals surface area contributed by atoms with Crippen molar-refractivity contribution in [1.29, 1.82) is 0 Å². The molecule has 3 aromatic carbocycles. The molecule has 0 saturated heterocycles. The molecular formula is C24H18ClNO2. The normalized spacial score (nSPS) is 10.8. The van der Waals surface area contributed by atoms with Crippen molar-refractivity contribution in [3.05, 3.63) is 94.5 Å². The fourth-order valence-corrected chi connectivity index (χ4v) is 3.46. The molecule has 138 valence electrons. The highest BCUT2D eigenvalue weighted by Gasteiger charge is 2.18. The van der Waals surface area contributed by atoms with Gasteiger partial charge in [0.25, 0.3) is 0 Å². The van der Waals surface area contributed by atoms with Gasteiger partial charge in [0.15, 0.2) is 0 Å². The summed E-state index contributed by atoms with van der Waals surface area (Å²) in [7, 11) is 0. The number of halogens is 1. The Hall–Kier alpha value is -3.17. The van der Waals surface area contributed by atoms with Crippen molar-refractivity contribution in [2.45, 2.75) is 13.8 Å². The van der Waals surface area contributed by atoms with Crippen LogP contribution in [0.4, 0.5) is 0 Å². The fourth-order valence-electron chi connectivity index (χ4n) is 3.29. The van der Waals surface area contributed by atoms with E-state index in [1.165, 1.54) is 0 Å². The van der Waals surface area contributed by atoms with Gasteiger partial charge in [-0.05, 0) is 43.7 Å². The summed E-state index contributed by atoms with van der Waals surface area (Å²) in [6, 6.07) is 22.6. The molecule has 0 saturated carbocycles. The summed E-state index contributed by atoms with van der Waals surface area (Å²) in [5, 5.41) is 1.17. The van der Waals surface area contributed by atoms with E-state index >= 15 is 0 Å². The van der Waals surface area contributed by atoms with Crippen LogP contribution in [0.15, 0.2) is 72.8 Å². The van der Waals surface area contributed by atoms with Crippen LogP contribution in [0.3, 0.4) is 0 Å². The van der Waals surface area contributed by atoms with Gasteiger partial charge in [0.05, 0.1) is 21.8 Å². The van der Waals surface area contributed by atoms with Crippen LogP contribution >= 0.6 is 11.6 Å². The Morgan fingerprint density at radius 1 is 0.929 bits per heavy atom. The monoisotopic (exact) mass is 387 g/mol. The summed E-state index contributed by atoms with van der Waals surface area (Å²) in [5.74, 6) is -0.118. The van der Waals surface area contributed by atoms with E-state index in [9.17, 15) is 4.79 Å². The predicted octanol–water partition coefficient (Wildman–Crippen LogP) is 6.39. The summed E-state index contributed by atoms with van der Waals surface area (Å²) in [6.45, 7) is 4.00.